The van der Waals surface area contributed by atoms with Gasteiger partial charge >= 0.3 is 5.97 Å². The van der Waals surface area contributed by atoms with Crippen LogP contribution in [0.2, 0.25) is 0 Å². The van der Waals surface area contributed by atoms with Gasteiger partial charge in [-0.25, -0.2) is 4.79 Å². The summed E-state index contributed by atoms with van der Waals surface area (Å²) >= 11 is 0. The maximum absolute atomic E-state index is 10.9. The molecule has 0 amide bonds. The fraction of sp³-hybridized carbons (Fsp3) is 0.231. The molecule has 0 unspecified atom stereocenters. The molecule has 3 rings (SSSR count). The highest BCUT2D eigenvalue weighted by Crippen LogP contribution is 2.27. The van der Waals surface area contributed by atoms with Crippen molar-refractivity contribution in [2.24, 2.45) is 7.05 Å². The molecule has 0 fully saturated rings. The molecule has 1 aliphatic rings. The molecular formula is C13H12N2O3. The van der Waals surface area contributed by atoms with E-state index < -0.39 is 5.97 Å². The third-order valence-electron chi connectivity index (χ3n) is 3.12. The molecule has 0 saturated carbocycles. The zero-order valence-electron chi connectivity index (χ0n) is 9.88. The van der Waals surface area contributed by atoms with Gasteiger partial charge in [-0.15, -0.1) is 0 Å². The number of ether oxygens (including phenoxy) is 1. The van der Waals surface area contributed by atoms with Crippen LogP contribution < -0.4 is 0 Å². The number of rotatable bonds is 2. The predicted octanol–water partition coefficient (Wildman–Crippen LogP) is 1.82. The number of nitrogens with zero attached hydrogens (tertiary/aromatic N) is 2. The first-order valence-corrected chi connectivity index (χ1v) is 5.62. The van der Waals surface area contributed by atoms with Crippen LogP contribution in [0.1, 0.15) is 21.6 Å². The van der Waals surface area contributed by atoms with Crippen molar-refractivity contribution in [2.45, 2.75) is 13.2 Å². The number of hydrogen-bond donors (Lipinski definition) is 1. The minimum absolute atomic E-state index is 0.0595. The number of carbonyl (C=O) groups is 1. The summed E-state index contributed by atoms with van der Waals surface area (Å²) in [6, 6.07) is 7.60. The summed E-state index contributed by atoms with van der Waals surface area (Å²) in [7, 11) is 1.74. The van der Waals surface area contributed by atoms with E-state index in [2.05, 4.69) is 5.10 Å². The Bertz CT molecular complexity index is 631. The maximum atomic E-state index is 10.9. The summed E-state index contributed by atoms with van der Waals surface area (Å²) in [6.07, 6.45) is 0. The average Bonchev–Trinajstić information content (AvgIpc) is 2.93. The quantitative estimate of drug-likeness (QED) is 0.875. The Morgan fingerprint density at radius 1 is 1.33 bits per heavy atom. The summed E-state index contributed by atoms with van der Waals surface area (Å²) in [5, 5.41) is 12.9. The average molecular weight is 244 g/mol. The molecule has 92 valence electrons. The molecular weight excluding hydrogens is 232 g/mol. The molecule has 1 N–H and O–H groups in total. The van der Waals surface area contributed by atoms with E-state index in [0.29, 0.717) is 13.2 Å². The Balaban J connectivity index is 2.07. The highest BCUT2D eigenvalue weighted by atomic mass is 16.5. The van der Waals surface area contributed by atoms with E-state index >= 15 is 0 Å². The predicted molar refractivity (Wildman–Crippen MR) is 64.1 cm³/mol. The fourth-order valence-electron chi connectivity index (χ4n) is 2.17. The van der Waals surface area contributed by atoms with Crippen LogP contribution in [0.25, 0.3) is 11.3 Å². The van der Waals surface area contributed by atoms with Gasteiger partial charge in [0.05, 0.1) is 18.9 Å². The van der Waals surface area contributed by atoms with Crippen LogP contribution >= 0.6 is 0 Å². The monoisotopic (exact) mass is 244 g/mol. The Morgan fingerprint density at radius 2 is 2.11 bits per heavy atom. The van der Waals surface area contributed by atoms with Crippen molar-refractivity contribution in [1.29, 1.82) is 0 Å². The first-order valence-electron chi connectivity index (χ1n) is 5.62. The van der Waals surface area contributed by atoms with Gasteiger partial charge in [-0.2, -0.15) is 5.10 Å². The van der Waals surface area contributed by atoms with E-state index in [1.165, 1.54) is 5.56 Å². The van der Waals surface area contributed by atoms with Gasteiger partial charge in [0, 0.05) is 12.6 Å². The summed E-state index contributed by atoms with van der Waals surface area (Å²) < 4.78 is 6.95. The zero-order valence-corrected chi connectivity index (χ0v) is 9.88. The summed E-state index contributed by atoms with van der Waals surface area (Å²) in [4.78, 5) is 10.9. The molecule has 1 aromatic heterocycles. The third kappa shape index (κ3) is 1.69. The second kappa shape index (κ2) is 3.96. The second-order valence-corrected chi connectivity index (χ2v) is 4.32. The third-order valence-corrected chi connectivity index (χ3v) is 3.12. The lowest BCUT2D eigenvalue weighted by Crippen LogP contribution is -1.99. The maximum Gasteiger partial charge on any atom is 0.356 e. The van der Waals surface area contributed by atoms with Crippen LogP contribution in [0.4, 0.5) is 0 Å². The first kappa shape index (κ1) is 11.0. The molecule has 5 nitrogen and oxygen atoms in total. The van der Waals surface area contributed by atoms with E-state index in [4.69, 9.17) is 9.84 Å². The van der Waals surface area contributed by atoms with Gasteiger partial charge in [0.15, 0.2) is 5.69 Å². The number of aryl methyl sites for hydroxylation is 1. The van der Waals surface area contributed by atoms with Crippen LogP contribution in [-0.2, 0) is 25.0 Å². The molecule has 2 heterocycles. The second-order valence-electron chi connectivity index (χ2n) is 4.32. The van der Waals surface area contributed by atoms with Gasteiger partial charge in [-0.05, 0) is 23.3 Å². The van der Waals surface area contributed by atoms with Gasteiger partial charge in [0.2, 0.25) is 0 Å². The number of hydrogen-bond acceptors (Lipinski definition) is 3. The van der Waals surface area contributed by atoms with Crippen molar-refractivity contribution in [3.8, 4) is 11.3 Å². The standard InChI is InChI=1S/C13H12N2O3/c1-15-12(5-11(14-15)13(16)17)8-2-3-9-6-18-7-10(9)4-8/h2-5H,6-7H2,1H3,(H,16,17). The Labute approximate surface area is 104 Å². The fourth-order valence-corrected chi connectivity index (χ4v) is 2.17. The van der Waals surface area contributed by atoms with Crippen molar-refractivity contribution >= 4 is 5.97 Å². The van der Waals surface area contributed by atoms with Crippen molar-refractivity contribution in [3.63, 3.8) is 0 Å². The Hall–Kier alpha value is -2.14. The van der Waals surface area contributed by atoms with Crippen LogP contribution in [-0.4, -0.2) is 20.9 Å². The smallest absolute Gasteiger partial charge is 0.356 e. The number of carboxylic acid groups (broad SMARTS) is 1. The molecule has 0 bridgehead atoms. The summed E-state index contributed by atoms with van der Waals surface area (Å²) in [5.41, 5.74) is 4.16. The minimum Gasteiger partial charge on any atom is -0.476 e. The molecule has 1 aliphatic heterocycles. The molecule has 5 heteroatoms. The van der Waals surface area contributed by atoms with Crippen molar-refractivity contribution in [3.05, 3.63) is 41.1 Å². The molecule has 0 aliphatic carbocycles. The number of benzene rings is 1. The van der Waals surface area contributed by atoms with Crippen molar-refractivity contribution < 1.29 is 14.6 Å². The van der Waals surface area contributed by atoms with Gasteiger partial charge in [0.1, 0.15) is 0 Å². The summed E-state index contributed by atoms with van der Waals surface area (Å²) in [5.74, 6) is -1.01. The van der Waals surface area contributed by atoms with Gasteiger partial charge in [-0.1, -0.05) is 12.1 Å². The molecule has 1 aromatic carbocycles. The molecule has 0 spiro atoms. The van der Waals surface area contributed by atoms with Gasteiger partial charge in [0.25, 0.3) is 0 Å². The van der Waals surface area contributed by atoms with Crippen LogP contribution in [0.3, 0.4) is 0 Å². The van der Waals surface area contributed by atoms with Crippen LogP contribution in [0.15, 0.2) is 24.3 Å². The first-order chi connectivity index (χ1) is 8.65. The number of aromatic carboxylic acids is 1. The van der Waals surface area contributed by atoms with Crippen molar-refractivity contribution in [2.75, 3.05) is 0 Å². The number of carboxylic acids is 1. The topological polar surface area (TPSA) is 64.4 Å². The highest BCUT2D eigenvalue weighted by Gasteiger charge is 2.16. The molecule has 0 saturated heterocycles. The van der Waals surface area contributed by atoms with Crippen molar-refractivity contribution in [1.82, 2.24) is 9.78 Å². The minimum atomic E-state index is -1.01. The Morgan fingerprint density at radius 3 is 2.83 bits per heavy atom. The highest BCUT2D eigenvalue weighted by molar-refractivity contribution is 5.87. The van der Waals surface area contributed by atoms with E-state index in [9.17, 15) is 4.79 Å². The number of aromatic nitrogens is 2. The van der Waals surface area contributed by atoms with Gasteiger partial charge < -0.3 is 9.84 Å². The normalized spacial score (nSPS) is 13.6. The van der Waals surface area contributed by atoms with E-state index in [0.717, 1.165) is 16.8 Å². The lowest BCUT2D eigenvalue weighted by Gasteiger charge is -2.04. The largest absolute Gasteiger partial charge is 0.476 e. The van der Waals surface area contributed by atoms with E-state index in [1.807, 2.05) is 18.2 Å². The molecule has 18 heavy (non-hydrogen) atoms. The Kier molecular flexibility index (Phi) is 2.41. The van der Waals surface area contributed by atoms with Crippen LogP contribution in [0, 0.1) is 0 Å². The molecule has 0 atom stereocenters. The van der Waals surface area contributed by atoms with E-state index in [-0.39, 0.29) is 5.69 Å². The summed E-state index contributed by atoms with van der Waals surface area (Å²) in [6.45, 7) is 1.27. The molecule has 0 radical (unpaired) electrons. The zero-order chi connectivity index (χ0) is 12.7. The SMILES string of the molecule is Cn1nc(C(=O)O)cc1-c1ccc2c(c1)COC2. The lowest BCUT2D eigenvalue weighted by molar-refractivity contribution is 0.0689. The van der Waals surface area contributed by atoms with Crippen LogP contribution in [0.5, 0.6) is 0 Å². The van der Waals surface area contributed by atoms with Gasteiger partial charge in [-0.3, -0.25) is 4.68 Å². The van der Waals surface area contributed by atoms with E-state index in [1.54, 1.807) is 17.8 Å². The lowest BCUT2D eigenvalue weighted by atomic mass is 10.0. The molecule has 2 aromatic rings. The number of fused-ring (bicyclic) bond motifs is 1.